The third-order valence-corrected chi connectivity index (χ3v) is 5.52. The number of amides is 1. The van der Waals surface area contributed by atoms with Gasteiger partial charge in [-0.05, 0) is 48.5 Å². The molecule has 0 saturated heterocycles. The Labute approximate surface area is 175 Å². The number of pyridine rings is 1. The van der Waals surface area contributed by atoms with Crippen molar-refractivity contribution < 1.29 is 9.32 Å². The number of anilines is 1. The summed E-state index contributed by atoms with van der Waals surface area (Å²) in [7, 11) is 0. The van der Waals surface area contributed by atoms with E-state index in [1.54, 1.807) is 48.7 Å². The number of fused-ring (bicyclic) bond motifs is 1. The molecule has 0 aliphatic carbocycles. The molecule has 0 fully saturated rings. The van der Waals surface area contributed by atoms with Gasteiger partial charge in [0.15, 0.2) is 0 Å². The van der Waals surface area contributed by atoms with Crippen LogP contribution < -0.4 is 5.32 Å². The highest BCUT2D eigenvalue weighted by Crippen LogP contribution is 2.29. The highest BCUT2D eigenvalue weighted by atomic mass is 32.1. The first-order chi connectivity index (χ1) is 14.7. The molecule has 0 bridgehead atoms. The van der Waals surface area contributed by atoms with Gasteiger partial charge in [-0.2, -0.15) is 4.98 Å². The third kappa shape index (κ3) is 3.56. The zero-order chi connectivity index (χ0) is 20.5. The Morgan fingerprint density at radius 2 is 1.73 bits per heavy atom. The van der Waals surface area contributed by atoms with Gasteiger partial charge in [-0.15, -0.1) is 0 Å². The summed E-state index contributed by atoms with van der Waals surface area (Å²) in [4.78, 5) is 26.6. The van der Waals surface area contributed by atoms with Crippen molar-refractivity contribution in [3.63, 3.8) is 0 Å². The minimum absolute atomic E-state index is 0.192. The predicted molar refractivity (Wildman–Crippen MR) is 115 cm³/mol. The molecule has 3 heterocycles. The number of aromatic nitrogens is 4. The van der Waals surface area contributed by atoms with Crippen molar-refractivity contribution in [2.45, 2.75) is 6.92 Å². The Hall–Kier alpha value is -3.91. The molecule has 7 nitrogen and oxygen atoms in total. The maximum Gasteiger partial charge on any atom is 0.255 e. The van der Waals surface area contributed by atoms with E-state index in [-0.39, 0.29) is 5.91 Å². The van der Waals surface area contributed by atoms with Crippen LogP contribution in [0.1, 0.15) is 16.2 Å². The molecule has 0 unspecified atom stereocenters. The molecule has 1 amide bonds. The number of thiazole rings is 1. The molecule has 0 radical (unpaired) electrons. The predicted octanol–water partition coefficient (Wildman–Crippen LogP) is 4.97. The van der Waals surface area contributed by atoms with Crippen molar-refractivity contribution in [2.75, 3.05) is 5.32 Å². The van der Waals surface area contributed by atoms with Gasteiger partial charge in [-0.3, -0.25) is 4.79 Å². The van der Waals surface area contributed by atoms with Gasteiger partial charge in [0.25, 0.3) is 5.91 Å². The van der Waals surface area contributed by atoms with Gasteiger partial charge in [0.1, 0.15) is 15.4 Å². The molecule has 0 aliphatic heterocycles. The molecular formula is C22H15N5O2S. The number of hydrogen-bond acceptors (Lipinski definition) is 7. The summed E-state index contributed by atoms with van der Waals surface area (Å²) in [6, 6.07) is 18.5. The number of carbonyl (C=O) groups is 1. The zero-order valence-electron chi connectivity index (χ0n) is 15.9. The van der Waals surface area contributed by atoms with Gasteiger partial charge in [0.2, 0.25) is 11.7 Å². The summed E-state index contributed by atoms with van der Waals surface area (Å²) in [5.74, 6) is 0.806. The van der Waals surface area contributed by atoms with E-state index in [2.05, 4.69) is 25.4 Å². The molecule has 0 atom stereocenters. The molecule has 5 rings (SSSR count). The van der Waals surface area contributed by atoms with Crippen molar-refractivity contribution >= 4 is 33.3 Å². The smallest absolute Gasteiger partial charge is 0.255 e. The van der Waals surface area contributed by atoms with Crippen LogP contribution in [-0.4, -0.2) is 26.0 Å². The second-order valence-electron chi connectivity index (χ2n) is 6.59. The Kier molecular flexibility index (Phi) is 4.53. The number of nitrogens with zero attached hydrogens (tertiary/aromatic N) is 4. The molecule has 2 aromatic carbocycles. The van der Waals surface area contributed by atoms with Crippen LogP contribution in [0.25, 0.3) is 32.3 Å². The second-order valence-corrected chi connectivity index (χ2v) is 7.57. The largest absolute Gasteiger partial charge is 0.339 e. The second kappa shape index (κ2) is 7.49. The monoisotopic (exact) mass is 413 g/mol. The number of benzene rings is 2. The number of carbonyl (C=O) groups excluding carboxylic acids is 1. The van der Waals surface area contributed by atoms with Crippen molar-refractivity contribution in [1.29, 1.82) is 0 Å². The molecule has 0 aliphatic rings. The fourth-order valence-electron chi connectivity index (χ4n) is 2.98. The molecule has 146 valence electrons. The number of hydrogen-bond donors (Lipinski definition) is 1. The van der Waals surface area contributed by atoms with Crippen molar-refractivity contribution in [2.24, 2.45) is 0 Å². The molecule has 30 heavy (non-hydrogen) atoms. The zero-order valence-corrected chi connectivity index (χ0v) is 16.7. The number of nitrogens with one attached hydrogen (secondary N) is 1. The lowest BCUT2D eigenvalue weighted by Gasteiger charge is -2.06. The Balaban J connectivity index is 1.30. The van der Waals surface area contributed by atoms with E-state index in [0.717, 1.165) is 26.5 Å². The van der Waals surface area contributed by atoms with Crippen LogP contribution in [0.3, 0.4) is 0 Å². The SMILES string of the molecule is Cc1nc(-c2ccc(C(=O)Nc3ccc(-c4nc5cccnc5s4)cc3)cc2)no1. The van der Waals surface area contributed by atoms with Gasteiger partial charge < -0.3 is 9.84 Å². The molecule has 8 heteroatoms. The summed E-state index contributed by atoms with van der Waals surface area (Å²) < 4.78 is 4.99. The van der Waals surface area contributed by atoms with Crippen LogP contribution >= 0.6 is 11.3 Å². The normalized spacial score (nSPS) is 11.0. The van der Waals surface area contributed by atoms with Gasteiger partial charge in [-0.25, -0.2) is 9.97 Å². The van der Waals surface area contributed by atoms with E-state index < -0.39 is 0 Å². The summed E-state index contributed by atoms with van der Waals surface area (Å²) in [5, 5.41) is 7.69. The Morgan fingerprint density at radius 3 is 2.43 bits per heavy atom. The number of aryl methyl sites for hydroxylation is 1. The van der Waals surface area contributed by atoms with Gasteiger partial charge in [0, 0.05) is 35.5 Å². The summed E-state index contributed by atoms with van der Waals surface area (Å²) in [5.41, 5.74) is 3.91. The molecule has 3 aromatic heterocycles. The number of rotatable bonds is 4. The van der Waals surface area contributed by atoms with Crippen LogP contribution in [0.15, 0.2) is 71.4 Å². The Bertz CT molecular complexity index is 1310. The topological polar surface area (TPSA) is 93.8 Å². The molecule has 0 saturated carbocycles. The van der Waals surface area contributed by atoms with E-state index in [1.165, 1.54) is 0 Å². The van der Waals surface area contributed by atoms with Gasteiger partial charge >= 0.3 is 0 Å². The molecule has 5 aromatic rings. The van der Waals surface area contributed by atoms with Gasteiger partial charge in [-0.1, -0.05) is 28.6 Å². The lowest BCUT2D eigenvalue weighted by molar-refractivity contribution is 0.102. The lowest BCUT2D eigenvalue weighted by Crippen LogP contribution is -2.11. The summed E-state index contributed by atoms with van der Waals surface area (Å²) in [6.07, 6.45) is 1.76. The maximum absolute atomic E-state index is 12.6. The van der Waals surface area contributed by atoms with E-state index >= 15 is 0 Å². The first-order valence-electron chi connectivity index (χ1n) is 9.20. The van der Waals surface area contributed by atoms with Crippen LogP contribution in [-0.2, 0) is 0 Å². The fraction of sp³-hybridized carbons (Fsp3) is 0.0455. The highest BCUT2D eigenvalue weighted by Gasteiger charge is 2.11. The quantitative estimate of drug-likeness (QED) is 0.447. The summed E-state index contributed by atoms with van der Waals surface area (Å²) in [6.45, 7) is 1.73. The lowest BCUT2D eigenvalue weighted by atomic mass is 10.1. The minimum Gasteiger partial charge on any atom is -0.339 e. The van der Waals surface area contributed by atoms with Crippen LogP contribution in [0.5, 0.6) is 0 Å². The van der Waals surface area contributed by atoms with E-state index in [0.29, 0.717) is 23.0 Å². The average molecular weight is 413 g/mol. The van der Waals surface area contributed by atoms with Crippen LogP contribution in [0.2, 0.25) is 0 Å². The van der Waals surface area contributed by atoms with E-state index in [9.17, 15) is 4.79 Å². The molecule has 1 N–H and O–H groups in total. The van der Waals surface area contributed by atoms with Crippen molar-refractivity contribution in [1.82, 2.24) is 20.1 Å². The van der Waals surface area contributed by atoms with Crippen LogP contribution in [0.4, 0.5) is 5.69 Å². The average Bonchev–Trinajstić information content (AvgIpc) is 3.40. The Morgan fingerprint density at radius 1 is 0.967 bits per heavy atom. The summed E-state index contributed by atoms with van der Waals surface area (Å²) >= 11 is 1.54. The van der Waals surface area contributed by atoms with E-state index in [4.69, 9.17) is 4.52 Å². The minimum atomic E-state index is -0.192. The molecular weight excluding hydrogens is 398 g/mol. The van der Waals surface area contributed by atoms with E-state index in [1.807, 2.05) is 36.4 Å². The maximum atomic E-state index is 12.6. The first kappa shape index (κ1) is 18.1. The van der Waals surface area contributed by atoms with Gasteiger partial charge in [0.05, 0.1) is 0 Å². The van der Waals surface area contributed by atoms with Crippen molar-refractivity contribution in [3.05, 3.63) is 78.3 Å². The van der Waals surface area contributed by atoms with Crippen LogP contribution in [0, 0.1) is 6.92 Å². The first-order valence-corrected chi connectivity index (χ1v) is 10.0. The van der Waals surface area contributed by atoms with Crippen molar-refractivity contribution in [3.8, 4) is 22.0 Å². The highest BCUT2D eigenvalue weighted by molar-refractivity contribution is 7.21. The standard InChI is InChI=1S/C22H15N5O2S/c1-13-24-19(27-29-13)14-4-6-15(7-5-14)20(28)25-17-10-8-16(9-11-17)21-26-18-3-2-12-23-22(18)30-21/h2-12H,1H3,(H,25,28). The molecule has 0 spiro atoms. The third-order valence-electron chi connectivity index (χ3n) is 4.49. The fourth-order valence-corrected chi connectivity index (χ4v) is 3.89.